The first kappa shape index (κ1) is 14.9. The lowest BCUT2D eigenvalue weighted by molar-refractivity contribution is -0.133. The van der Waals surface area contributed by atoms with Crippen molar-refractivity contribution in [1.29, 1.82) is 0 Å². The van der Waals surface area contributed by atoms with Crippen LogP contribution in [0.3, 0.4) is 0 Å². The quantitative estimate of drug-likeness (QED) is 0.514. The Hall–Kier alpha value is -1.13. The summed E-state index contributed by atoms with van der Waals surface area (Å²) in [6.07, 6.45) is 5.39. The normalized spacial score (nSPS) is 25.2. The Morgan fingerprint density at radius 2 is 2.17 bits per heavy atom. The molecule has 0 aromatic carbocycles. The van der Waals surface area contributed by atoms with E-state index in [0.29, 0.717) is 11.8 Å². The minimum atomic E-state index is -1.08. The van der Waals surface area contributed by atoms with Gasteiger partial charge in [-0.2, -0.15) is 0 Å². The van der Waals surface area contributed by atoms with Crippen molar-refractivity contribution in [2.75, 3.05) is 13.2 Å². The van der Waals surface area contributed by atoms with Crippen molar-refractivity contribution < 1.29 is 20.1 Å². The highest BCUT2D eigenvalue weighted by atomic mass is 16.4. The molecule has 0 saturated heterocycles. The van der Waals surface area contributed by atoms with Gasteiger partial charge in [-0.1, -0.05) is 26.0 Å². The van der Waals surface area contributed by atoms with E-state index in [1.54, 1.807) is 6.08 Å². The SMILES string of the molecule is CC(C)[C@H]1CCC(CO)=C[C@H]1/C=C(\CO)C(=O)O. The van der Waals surface area contributed by atoms with Crippen molar-refractivity contribution in [2.24, 2.45) is 17.8 Å². The van der Waals surface area contributed by atoms with Gasteiger partial charge in [-0.25, -0.2) is 4.79 Å². The largest absolute Gasteiger partial charge is 0.478 e. The Morgan fingerprint density at radius 3 is 2.61 bits per heavy atom. The Balaban J connectivity index is 3.01. The molecule has 102 valence electrons. The molecule has 0 fully saturated rings. The summed E-state index contributed by atoms with van der Waals surface area (Å²) in [6.45, 7) is 3.79. The molecule has 2 atom stereocenters. The molecular formula is C14H22O4. The average molecular weight is 254 g/mol. The number of allylic oxidation sites excluding steroid dienone is 2. The zero-order valence-corrected chi connectivity index (χ0v) is 11.0. The van der Waals surface area contributed by atoms with Gasteiger partial charge in [0.1, 0.15) is 0 Å². The Bertz CT molecular complexity index is 355. The number of aliphatic hydroxyl groups is 2. The average Bonchev–Trinajstić information content (AvgIpc) is 2.34. The summed E-state index contributed by atoms with van der Waals surface area (Å²) in [5.74, 6) is -0.290. The number of aliphatic carboxylic acids is 1. The molecule has 1 rings (SSSR count). The molecule has 0 aromatic heterocycles. The molecule has 18 heavy (non-hydrogen) atoms. The van der Waals surface area contributed by atoms with E-state index in [2.05, 4.69) is 13.8 Å². The second-order valence-electron chi connectivity index (χ2n) is 5.16. The third-order valence-corrected chi connectivity index (χ3v) is 3.62. The molecule has 0 unspecified atom stereocenters. The van der Waals surface area contributed by atoms with Crippen LogP contribution in [0.4, 0.5) is 0 Å². The number of carboxylic acids is 1. The summed E-state index contributed by atoms with van der Waals surface area (Å²) in [4.78, 5) is 10.9. The van der Waals surface area contributed by atoms with Gasteiger partial charge in [-0.15, -0.1) is 0 Å². The van der Waals surface area contributed by atoms with Crippen LogP contribution in [0.15, 0.2) is 23.3 Å². The zero-order chi connectivity index (χ0) is 13.7. The van der Waals surface area contributed by atoms with Crippen LogP contribution in [-0.4, -0.2) is 34.5 Å². The summed E-state index contributed by atoms with van der Waals surface area (Å²) >= 11 is 0. The minimum absolute atomic E-state index is 0.0147. The van der Waals surface area contributed by atoms with E-state index in [9.17, 15) is 9.90 Å². The first-order valence-electron chi connectivity index (χ1n) is 6.34. The standard InChI is InChI=1S/C14H22O4/c1-9(2)13-4-3-10(7-15)5-11(13)6-12(8-16)14(17)18/h5-6,9,11,13,15-16H,3-4,7-8H2,1-2H3,(H,17,18)/b12-6+/t11-,13+/m0/s1. The lowest BCUT2D eigenvalue weighted by atomic mass is 9.74. The molecule has 1 aliphatic rings. The molecule has 4 nitrogen and oxygen atoms in total. The van der Waals surface area contributed by atoms with Crippen LogP contribution >= 0.6 is 0 Å². The summed E-state index contributed by atoms with van der Waals surface area (Å²) < 4.78 is 0. The summed E-state index contributed by atoms with van der Waals surface area (Å²) in [6, 6.07) is 0. The van der Waals surface area contributed by atoms with Gasteiger partial charge in [-0.3, -0.25) is 0 Å². The van der Waals surface area contributed by atoms with Crippen molar-refractivity contribution >= 4 is 5.97 Å². The van der Waals surface area contributed by atoms with Gasteiger partial charge in [0.05, 0.1) is 18.8 Å². The maximum Gasteiger partial charge on any atom is 0.333 e. The fourth-order valence-electron chi connectivity index (χ4n) is 2.53. The molecule has 3 N–H and O–H groups in total. The fraction of sp³-hybridized carbons (Fsp3) is 0.643. The van der Waals surface area contributed by atoms with Crippen LogP contribution in [0.2, 0.25) is 0 Å². The number of hydrogen-bond donors (Lipinski definition) is 3. The molecule has 0 aliphatic heterocycles. The van der Waals surface area contributed by atoms with Crippen LogP contribution in [0.25, 0.3) is 0 Å². The van der Waals surface area contributed by atoms with E-state index in [1.807, 2.05) is 6.08 Å². The predicted molar refractivity (Wildman–Crippen MR) is 69.0 cm³/mol. The van der Waals surface area contributed by atoms with Gasteiger partial charge < -0.3 is 15.3 Å². The van der Waals surface area contributed by atoms with Crippen LogP contribution in [0, 0.1) is 17.8 Å². The molecule has 0 bridgehead atoms. The predicted octanol–water partition coefficient (Wildman–Crippen LogP) is 1.59. The van der Waals surface area contributed by atoms with Gasteiger partial charge >= 0.3 is 5.97 Å². The third-order valence-electron chi connectivity index (χ3n) is 3.62. The van der Waals surface area contributed by atoms with Crippen molar-refractivity contribution in [3.8, 4) is 0 Å². The Kier molecular flexibility index (Phi) is 5.56. The monoisotopic (exact) mass is 254 g/mol. The Morgan fingerprint density at radius 1 is 1.50 bits per heavy atom. The molecule has 0 saturated carbocycles. The second kappa shape index (κ2) is 6.71. The summed E-state index contributed by atoms with van der Waals surface area (Å²) in [5.41, 5.74) is 0.983. The van der Waals surface area contributed by atoms with E-state index in [-0.39, 0.29) is 18.1 Å². The molecular weight excluding hydrogens is 232 g/mol. The summed E-state index contributed by atoms with van der Waals surface area (Å²) in [7, 11) is 0. The van der Waals surface area contributed by atoms with Crippen molar-refractivity contribution in [1.82, 2.24) is 0 Å². The highest BCUT2D eigenvalue weighted by Gasteiger charge is 2.26. The number of rotatable bonds is 5. The van der Waals surface area contributed by atoms with Crippen LogP contribution in [0.1, 0.15) is 26.7 Å². The van der Waals surface area contributed by atoms with E-state index < -0.39 is 12.6 Å². The Labute approximate surface area is 108 Å². The van der Waals surface area contributed by atoms with E-state index in [0.717, 1.165) is 18.4 Å². The summed E-state index contributed by atoms with van der Waals surface area (Å²) in [5, 5.41) is 27.2. The highest BCUT2D eigenvalue weighted by molar-refractivity contribution is 5.86. The maximum absolute atomic E-state index is 10.9. The van der Waals surface area contributed by atoms with Crippen LogP contribution in [0.5, 0.6) is 0 Å². The lowest BCUT2D eigenvalue weighted by Gasteiger charge is -2.31. The van der Waals surface area contributed by atoms with Gasteiger partial charge in [0, 0.05) is 0 Å². The number of carbonyl (C=O) groups is 1. The van der Waals surface area contributed by atoms with Crippen molar-refractivity contribution in [3.05, 3.63) is 23.3 Å². The molecule has 0 spiro atoms. The highest BCUT2D eigenvalue weighted by Crippen LogP contribution is 2.35. The fourth-order valence-corrected chi connectivity index (χ4v) is 2.53. The second-order valence-corrected chi connectivity index (χ2v) is 5.16. The van der Waals surface area contributed by atoms with E-state index >= 15 is 0 Å². The van der Waals surface area contributed by atoms with Gasteiger partial charge in [0.15, 0.2) is 0 Å². The third kappa shape index (κ3) is 3.68. The van der Waals surface area contributed by atoms with Gasteiger partial charge in [-0.05, 0) is 36.2 Å². The number of aliphatic hydroxyl groups excluding tert-OH is 2. The van der Waals surface area contributed by atoms with Crippen LogP contribution in [-0.2, 0) is 4.79 Å². The smallest absolute Gasteiger partial charge is 0.333 e. The number of hydrogen-bond acceptors (Lipinski definition) is 3. The van der Waals surface area contributed by atoms with Gasteiger partial charge in [0.2, 0.25) is 0 Å². The zero-order valence-electron chi connectivity index (χ0n) is 11.0. The van der Waals surface area contributed by atoms with E-state index in [4.69, 9.17) is 10.2 Å². The number of carboxylic acid groups (broad SMARTS) is 1. The van der Waals surface area contributed by atoms with Crippen molar-refractivity contribution in [2.45, 2.75) is 26.7 Å². The topological polar surface area (TPSA) is 77.8 Å². The molecule has 0 amide bonds. The minimum Gasteiger partial charge on any atom is -0.478 e. The van der Waals surface area contributed by atoms with Crippen LogP contribution < -0.4 is 0 Å². The first-order valence-corrected chi connectivity index (χ1v) is 6.34. The van der Waals surface area contributed by atoms with E-state index in [1.165, 1.54) is 0 Å². The molecule has 4 heteroatoms. The molecule has 0 radical (unpaired) electrons. The van der Waals surface area contributed by atoms with Crippen molar-refractivity contribution in [3.63, 3.8) is 0 Å². The first-order chi connectivity index (χ1) is 8.49. The molecule has 0 aromatic rings. The maximum atomic E-state index is 10.9. The molecule has 0 heterocycles. The lowest BCUT2D eigenvalue weighted by Crippen LogP contribution is -2.23. The van der Waals surface area contributed by atoms with Gasteiger partial charge in [0.25, 0.3) is 0 Å². The molecule has 1 aliphatic carbocycles.